The number of thiophene rings is 1. The van der Waals surface area contributed by atoms with Gasteiger partial charge >= 0.3 is 0 Å². The molecule has 0 radical (unpaired) electrons. The average Bonchev–Trinajstić information content (AvgIpc) is 3.14. The Morgan fingerprint density at radius 2 is 1.37 bits per heavy atom. The van der Waals surface area contributed by atoms with Crippen molar-refractivity contribution in [2.75, 3.05) is 9.44 Å². The largest absolute Gasteiger partial charge is 0.279 e. The topological polar surface area (TPSA) is 92.3 Å². The molecule has 2 N–H and O–H groups in total. The Hall–Kier alpha value is -2.36. The van der Waals surface area contributed by atoms with E-state index in [-0.39, 0.29) is 14.8 Å². The highest BCUT2D eigenvalue weighted by atomic mass is 32.2. The first-order chi connectivity index (χ1) is 12.7. The van der Waals surface area contributed by atoms with Gasteiger partial charge in [-0.05, 0) is 60.7 Å². The number of para-hydroxylation sites is 1. The van der Waals surface area contributed by atoms with Crippen LogP contribution in [0.5, 0.6) is 0 Å². The van der Waals surface area contributed by atoms with Gasteiger partial charge in [0.2, 0.25) is 0 Å². The molecule has 1 heterocycles. The molecular formula is C18H18N2O4S3. The van der Waals surface area contributed by atoms with Gasteiger partial charge in [0.15, 0.2) is 0 Å². The van der Waals surface area contributed by atoms with Gasteiger partial charge in [-0.25, -0.2) is 16.8 Å². The molecule has 0 saturated carbocycles. The van der Waals surface area contributed by atoms with Crippen LogP contribution in [0.1, 0.15) is 11.1 Å². The molecule has 142 valence electrons. The molecule has 0 bridgehead atoms. The summed E-state index contributed by atoms with van der Waals surface area (Å²) in [5, 5.41) is 1.67. The van der Waals surface area contributed by atoms with Crippen molar-refractivity contribution >= 4 is 42.8 Å². The van der Waals surface area contributed by atoms with E-state index in [2.05, 4.69) is 9.44 Å². The van der Waals surface area contributed by atoms with Gasteiger partial charge < -0.3 is 0 Å². The van der Waals surface area contributed by atoms with Crippen molar-refractivity contribution in [3.05, 3.63) is 71.1 Å². The number of rotatable bonds is 6. The molecule has 0 aliphatic heterocycles. The number of hydrogen-bond acceptors (Lipinski definition) is 5. The second-order valence-electron chi connectivity index (χ2n) is 5.93. The summed E-state index contributed by atoms with van der Waals surface area (Å²) in [5.41, 5.74) is 2.47. The SMILES string of the molecule is Cc1cccc(C)c1NS(=O)(=O)c1ccc(NS(=O)(=O)c2cccs2)cc1. The minimum absolute atomic E-state index is 0.0456. The van der Waals surface area contributed by atoms with E-state index in [0.29, 0.717) is 5.69 Å². The molecule has 1 aromatic heterocycles. The van der Waals surface area contributed by atoms with Gasteiger partial charge in [-0.15, -0.1) is 11.3 Å². The van der Waals surface area contributed by atoms with Crippen LogP contribution < -0.4 is 9.44 Å². The zero-order valence-corrected chi connectivity index (χ0v) is 17.1. The smallest absolute Gasteiger partial charge is 0.271 e. The third-order valence-electron chi connectivity index (χ3n) is 3.89. The van der Waals surface area contributed by atoms with E-state index in [1.807, 2.05) is 32.0 Å². The number of aryl methyl sites for hydroxylation is 2. The van der Waals surface area contributed by atoms with Gasteiger partial charge in [0, 0.05) is 5.69 Å². The molecule has 9 heteroatoms. The Balaban J connectivity index is 1.82. The lowest BCUT2D eigenvalue weighted by molar-refractivity contribution is 0.600. The van der Waals surface area contributed by atoms with Crippen LogP contribution in [0.15, 0.2) is 69.1 Å². The summed E-state index contributed by atoms with van der Waals surface area (Å²) in [6.45, 7) is 3.65. The molecular weight excluding hydrogens is 404 g/mol. The van der Waals surface area contributed by atoms with Crippen LogP contribution in [0.2, 0.25) is 0 Å². The molecule has 0 unspecified atom stereocenters. The number of sulfonamides is 2. The molecule has 0 amide bonds. The molecule has 0 saturated heterocycles. The van der Waals surface area contributed by atoms with Crippen molar-refractivity contribution < 1.29 is 16.8 Å². The predicted molar refractivity (Wildman–Crippen MR) is 108 cm³/mol. The van der Waals surface area contributed by atoms with Gasteiger partial charge in [0.25, 0.3) is 20.0 Å². The quantitative estimate of drug-likeness (QED) is 0.629. The maximum Gasteiger partial charge on any atom is 0.271 e. The Bertz CT molecular complexity index is 1130. The molecule has 0 fully saturated rings. The van der Waals surface area contributed by atoms with E-state index in [1.165, 1.54) is 30.3 Å². The Morgan fingerprint density at radius 3 is 1.93 bits per heavy atom. The van der Waals surface area contributed by atoms with Gasteiger partial charge in [-0.3, -0.25) is 9.44 Å². The molecule has 0 aliphatic carbocycles. The van der Waals surface area contributed by atoms with Crippen molar-refractivity contribution in [1.29, 1.82) is 0 Å². The summed E-state index contributed by atoms with van der Waals surface area (Å²) >= 11 is 1.10. The molecule has 0 aliphatic rings. The molecule has 6 nitrogen and oxygen atoms in total. The Kier molecular flexibility index (Phi) is 5.27. The third kappa shape index (κ3) is 4.32. The molecule has 2 aromatic carbocycles. The highest BCUT2D eigenvalue weighted by Crippen LogP contribution is 2.25. The van der Waals surface area contributed by atoms with Gasteiger partial charge in [0.05, 0.1) is 10.6 Å². The lowest BCUT2D eigenvalue weighted by Crippen LogP contribution is -2.15. The first-order valence-corrected chi connectivity index (χ1v) is 11.8. The third-order valence-corrected chi connectivity index (χ3v) is 8.04. The maximum absolute atomic E-state index is 12.6. The molecule has 3 aromatic rings. The van der Waals surface area contributed by atoms with Gasteiger partial charge in [0.1, 0.15) is 4.21 Å². The Morgan fingerprint density at radius 1 is 0.741 bits per heavy atom. The summed E-state index contributed by atoms with van der Waals surface area (Å²) in [5.74, 6) is 0. The van der Waals surface area contributed by atoms with Crippen LogP contribution in [0, 0.1) is 13.8 Å². The number of nitrogens with one attached hydrogen (secondary N) is 2. The zero-order chi connectivity index (χ0) is 19.7. The highest BCUT2D eigenvalue weighted by molar-refractivity contribution is 7.94. The highest BCUT2D eigenvalue weighted by Gasteiger charge is 2.18. The Labute approximate surface area is 163 Å². The predicted octanol–water partition coefficient (Wildman–Crippen LogP) is 3.97. The van der Waals surface area contributed by atoms with Crippen LogP contribution in [-0.4, -0.2) is 16.8 Å². The monoisotopic (exact) mass is 422 g/mol. The number of benzene rings is 2. The molecule has 0 spiro atoms. The van der Waals surface area contributed by atoms with Crippen LogP contribution in [0.3, 0.4) is 0 Å². The number of hydrogen-bond donors (Lipinski definition) is 2. The molecule has 27 heavy (non-hydrogen) atoms. The summed E-state index contributed by atoms with van der Waals surface area (Å²) in [7, 11) is -7.46. The fourth-order valence-corrected chi connectivity index (χ4v) is 5.75. The minimum Gasteiger partial charge on any atom is -0.279 e. The lowest BCUT2D eigenvalue weighted by Gasteiger charge is -2.13. The number of anilines is 2. The van der Waals surface area contributed by atoms with E-state index < -0.39 is 20.0 Å². The lowest BCUT2D eigenvalue weighted by atomic mass is 10.1. The van der Waals surface area contributed by atoms with Crippen LogP contribution in [-0.2, 0) is 20.0 Å². The van der Waals surface area contributed by atoms with E-state index in [4.69, 9.17) is 0 Å². The summed E-state index contributed by atoms with van der Waals surface area (Å²) < 4.78 is 55.0. The van der Waals surface area contributed by atoms with Crippen molar-refractivity contribution in [3.63, 3.8) is 0 Å². The standard InChI is InChI=1S/C18H18N2O4S3/c1-13-5-3-6-14(2)18(13)20-26(21,22)16-10-8-15(9-11-16)19-27(23,24)17-7-4-12-25-17/h3-12,19-20H,1-2H3. The molecule has 3 rings (SSSR count). The normalized spacial score (nSPS) is 11.9. The van der Waals surface area contributed by atoms with E-state index >= 15 is 0 Å². The second kappa shape index (κ2) is 7.34. The van der Waals surface area contributed by atoms with Gasteiger partial charge in [-0.1, -0.05) is 24.3 Å². The van der Waals surface area contributed by atoms with E-state index in [9.17, 15) is 16.8 Å². The van der Waals surface area contributed by atoms with Crippen LogP contribution in [0.25, 0.3) is 0 Å². The first-order valence-electron chi connectivity index (χ1n) is 7.94. The fraction of sp³-hybridized carbons (Fsp3) is 0.111. The van der Waals surface area contributed by atoms with Gasteiger partial charge in [-0.2, -0.15) is 0 Å². The van der Waals surface area contributed by atoms with Crippen molar-refractivity contribution in [1.82, 2.24) is 0 Å². The zero-order valence-electron chi connectivity index (χ0n) is 14.6. The van der Waals surface area contributed by atoms with E-state index in [1.54, 1.807) is 11.4 Å². The molecule has 0 atom stereocenters. The van der Waals surface area contributed by atoms with Crippen molar-refractivity contribution in [2.24, 2.45) is 0 Å². The van der Waals surface area contributed by atoms with Crippen LogP contribution in [0.4, 0.5) is 11.4 Å². The summed E-state index contributed by atoms with van der Waals surface area (Å²) in [4.78, 5) is 0.0456. The summed E-state index contributed by atoms with van der Waals surface area (Å²) in [6, 6.07) is 14.2. The fourth-order valence-electron chi connectivity index (χ4n) is 2.49. The second-order valence-corrected chi connectivity index (χ2v) is 10.5. The summed E-state index contributed by atoms with van der Waals surface area (Å²) in [6.07, 6.45) is 0. The van der Waals surface area contributed by atoms with Crippen molar-refractivity contribution in [2.45, 2.75) is 23.0 Å². The average molecular weight is 423 g/mol. The minimum atomic E-state index is -3.79. The van der Waals surface area contributed by atoms with Crippen LogP contribution >= 0.6 is 11.3 Å². The van der Waals surface area contributed by atoms with Crippen molar-refractivity contribution in [3.8, 4) is 0 Å². The van der Waals surface area contributed by atoms with E-state index in [0.717, 1.165) is 22.5 Å². The first kappa shape index (κ1) is 19.4. The maximum atomic E-state index is 12.6.